The first kappa shape index (κ1) is 12.6. The maximum absolute atomic E-state index is 6.23. The Labute approximate surface area is 121 Å². The fourth-order valence-corrected chi connectivity index (χ4v) is 3.26. The van der Waals surface area contributed by atoms with Crippen molar-refractivity contribution in [2.45, 2.75) is 0 Å². The Hall–Kier alpha value is -1.46. The van der Waals surface area contributed by atoms with Gasteiger partial charge in [0.05, 0.1) is 16.9 Å². The van der Waals surface area contributed by atoms with Gasteiger partial charge in [0.1, 0.15) is 5.00 Å². The smallest absolute Gasteiger partial charge is 0.187 e. The van der Waals surface area contributed by atoms with Crippen LogP contribution in [0.25, 0.3) is 0 Å². The largest absolute Gasteiger partial charge is 0.389 e. The zero-order chi connectivity index (χ0) is 13.2. The highest BCUT2D eigenvalue weighted by Crippen LogP contribution is 2.29. The number of piperazine rings is 1. The van der Waals surface area contributed by atoms with Crippen LogP contribution in [0.15, 0.2) is 30.5 Å². The Morgan fingerprint density at radius 3 is 2.42 bits per heavy atom. The maximum Gasteiger partial charge on any atom is 0.187 e. The molecule has 0 aliphatic carbocycles. The van der Waals surface area contributed by atoms with Crippen LogP contribution >= 0.6 is 22.9 Å². The van der Waals surface area contributed by atoms with Gasteiger partial charge in [-0.1, -0.05) is 35.1 Å². The van der Waals surface area contributed by atoms with E-state index in [2.05, 4.69) is 20.9 Å². The van der Waals surface area contributed by atoms with Crippen LogP contribution in [0.4, 0.5) is 15.8 Å². The monoisotopic (exact) mass is 294 g/mol. The summed E-state index contributed by atoms with van der Waals surface area (Å²) >= 11 is 7.77. The average molecular weight is 295 g/mol. The molecule has 0 atom stereocenters. The number of halogens is 1. The summed E-state index contributed by atoms with van der Waals surface area (Å²) in [6.07, 6.45) is 1.72. The third kappa shape index (κ3) is 2.62. The molecule has 1 aromatic heterocycles. The molecule has 1 saturated heterocycles. The van der Waals surface area contributed by atoms with Crippen LogP contribution < -0.4 is 15.5 Å². The number of anilines is 3. The lowest BCUT2D eigenvalue weighted by Crippen LogP contribution is -2.46. The normalized spacial score (nSPS) is 15.8. The first-order valence-corrected chi connectivity index (χ1v) is 7.39. The summed E-state index contributed by atoms with van der Waals surface area (Å²) in [5.74, 6) is 0. The standard InChI is InChI=1S/C13H15ClN4S/c14-10-3-1-2-4-11(10)17-5-7-18(8-6-17)13-16-9-12(15)19-13/h1-4,9H,5-8,15H2. The average Bonchev–Trinajstić information content (AvgIpc) is 2.86. The number of hydrogen-bond donors (Lipinski definition) is 1. The third-order valence-corrected chi connectivity index (χ3v) is 4.46. The fourth-order valence-electron chi connectivity index (χ4n) is 2.27. The summed E-state index contributed by atoms with van der Waals surface area (Å²) in [6.45, 7) is 3.78. The van der Waals surface area contributed by atoms with Gasteiger partial charge in [-0.25, -0.2) is 4.98 Å². The minimum atomic E-state index is 0.767. The van der Waals surface area contributed by atoms with E-state index in [-0.39, 0.29) is 0 Å². The zero-order valence-electron chi connectivity index (χ0n) is 10.4. The van der Waals surface area contributed by atoms with Gasteiger partial charge in [0.15, 0.2) is 5.13 Å². The van der Waals surface area contributed by atoms with Gasteiger partial charge in [0.2, 0.25) is 0 Å². The number of rotatable bonds is 2. The Bertz CT molecular complexity index is 563. The Morgan fingerprint density at radius 1 is 1.11 bits per heavy atom. The molecule has 0 amide bonds. The van der Waals surface area contributed by atoms with Gasteiger partial charge < -0.3 is 15.5 Å². The van der Waals surface area contributed by atoms with Crippen molar-refractivity contribution in [2.24, 2.45) is 0 Å². The van der Waals surface area contributed by atoms with Crippen molar-refractivity contribution < 1.29 is 0 Å². The number of nitrogens with zero attached hydrogens (tertiary/aromatic N) is 3. The molecule has 0 radical (unpaired) electrons. The molecule has 4 nitrogen and oxygen atoms in total. The Morgan fingerprint density at radius 2 is 1.79 bits per heavy atom. The van der Waals surface area contributed by atoms with E-state index in [1.165, 1.54) is 0 Å². The molecule has 1 aliphatic heterocycles. The highest BCUT2D eigenvalue weighted by molar-refractivity contribution is 7.19. The lowest BCUT2D eigenvalue weighted by Gasteiger charge is -2.36. The van der Waals surface area contributed by atoms with Crippen molar-refractivity contribution in [3.05, 3.63) is 35.5 Å². The summed E-state index contributed by atoms with van der Waals surface area (Å²) in [5, 5.41) is 2.59. The first-order chi connectivity index (χ1) is 9.24. The lowest BCUT2D eigenvalue weighted by molar-refractivity contribution is 0.652. The molecule has 3 rings (SSSR count). The SMILES string of the molecule is Nc1cnc(N2CCN(c3ccccc3Cl)CC2)s1. The van der Waals surface area contributed by atoms with Crippen molar-refractivity contribution in [1.29, 1.82) is 0 Å². The molecule has 2 heterocycles. The van der Waals surface area contributed by atoms with E-state index in [0.717, 1.165) is 47.0 Å². The summed E-state index contributed by atoms with van der Waals surface area (Å²) in [5.41, 5.74) is 6.84. The van der Waals surface area contributed by atoms with E-state index in [1.807, 2.05) is 18.2 Å². The zero-order valence-corrected chi connectivity index (χ0v) is 12.0. The molecule has 0 bridgehead atoms. The molecule has 2 aromatic rings. The van der Waals surface area contributed by atoms with Crippen LogP contribution in [-0.2, 0) is 0 Å². The van der Waals surface area contributed by atoms with Crippen molar-refractivity contribution in [2.75, 3.05) is 41.7 Å². The highest BCUT2D eigenvalue weighted by atomic mass is 35.5. The molecule has 100 valence electrons. The van der Waals surface area contributed by atoms with Crippen LogP contribution in [-0.4, -0.2) is 31.2 Å². The number of aromatic nitrogens is 1. The second-order valence-corrected chi connectivity index (χ2v) is 5.92. The Kier molecular flexibility index (Phi) is 3.48. The van der Waals surface area contributed by atoms with Crippen molar-refractivity contribution in [1.82, 2.24) is 4.98 Å². The lowest BCUT2D eigenvalue weighted by atomic mass is 10.2. The van der Waals surface area contributed by atoms with E-state index >= 15 is 0 Å². The van der Waals surface area contributed by atoms with Crippen LogP contribution in [0.5, 0.6) is 0 Å². The van der Waals surface area contributed by atoms with E-state index in [0.29, 0.717) is 0 Å². The van der Waals surface area contributed by atoms with E-state index in [4.69, 9.17) is 17.3 Å². The van der Waals surface area contributed by atoms with Gasteiger partial charge in [-0.2, -0.15) is 0 Å². The first-order valence-electron chi connectivity index (χ1n) is 6.20. The number of nitrogens with two attached hydrogens (primary N) is 1. The number of thiazole rings is 1. The molecule has 19 heavy (non-hydrogen) atoms. The van der Waals surface area contributed by atoms with E-state index in [9.17, 15) is 0 Å². The fraction of sp³-hybridized carbons (Fsp3) is 0.308. The van der Waals surface area contributed by atoms with Gasteiger partial charge in [-0.05, 0) is 12.1 Å². The van der Waals surface area contributed by atoms with Gasteiger partial charge in [-0.15, -0.1) is 0 Å². The molecule has 1 aliphatic rings. The number of benzene rings is 1. The van der Waals surface area contributed by atoms with Gasteiger partial charge in [-0.3, -0.25) is 0 Å². The summed E-state index contributed by atoms with van der Waals surface area (Å²) in [4.78, 5) is 8.92. The minimum Gasteiger partial charge on any atom is -0.389 e. The molecule has 0 saturated carbocycles. The highest BCUT2D eigenvalue weighted by Gasteiger charge is 2.20. The van der Waals surface area contributed by atoms with E-state index in [1.54, 1.807) is 17.5 Å². The molecule has 1 aromatic carbocycles. The topological polar surface area (TPSA) is 45.4 Å². The molecule has 0 unspecified atom stereocenters. The third-order valence-electron chi connectivity index (χ3n) is 3.25. The predicted octanol–water partition coefficient (Wildman–Crippen LogP) is 2.71. The molecule has 1 fully saturated rings. The van der Waals surface area contributed by atoms with Gasteiger partial charge in [0, 0.05) is 26.2 Å². The number of para-hydroxylation sites is 1. The van der Waals surface area contributed by atoms with Gasteiger partial charge >= 0.3 is 0 Å². The molecule has 2 N–H and O–H groups in total. The summed E-state index contributed by atoms with van der Waals surface area (Å²) < 4.78 is 0. The second kappa shape index (κ2) is 5.27. The maximum atomic E-state index is 6.23. The molecular formula is C13H15ClN4S. The molecule has 0 spiro atoms. The molecule has 6 heteroatoms. The summed E-state index contributed by atoms with van der Waals surface area (Å²) in [6, 6.07) is 7.99. The number of hydrogen-bond acceptors (Lipinski definition) is 5. The Balaban J connectivity index is 1.68. The van der Waals surface area contributed by atoms with Crippen molar-refractivity contribution in [3.8, 4) is 0 Å². The molecular weight excluding hydrogens is 280 g/mol. The summed E-state index contributed by atoms with van der Waals surface area (Å²) in [7, 11) is 0. The number of nitrogen functional groups attached to an aromatic ring is 1. The van der Waals surface area contributed by atoms with Crippen LogP contribution in [0, 0.1) is 0 Å². The minimum absolute atomic E-state index is 0.767. The van der Waals surface area contributed by atoms with Gasteiger partial charge in [0.25, 0.3) is 0 Å². The quantitative estimate of drug-likeness (QED) is 0.925. The second-order valence-electron chi connectivity index (χ2n) is 4.47. The van der Waals surface area contributed by atoms with Crippen LogP contribution in [0.3, 0.4) is 0 Å². The van der Waals surface area contributed by atoms with E-state index < -0.39 is 0 Å². The van der Waals surface area contributed by atoms with Crippen LogP contribution in [0.2, 0.25) is 5.02 Å². The van der Waals surface area contributed by atoms with Crippen LogP contribution in [0.1, 0.15) is 0 Å². The van der Waals surface area contributed by atoms with Crippen molar-refractivity contribution in [3.63, 3.8) is 0 Å². The van der Waals surface area contributed by atoms with Crippen molar-refractivity contribution >= 4 is 38.8 Å². The predicted molar refractivity (Wildman–Crippen MR) is 82.4 cm³/mol.